The quantitative estimate of drug-likeness (QED) is 0.644. The van der Waals surface area contributed by atoms with Gasteiger partial charge in [0.1, 0.15) is 11.5 Å². The smallest absolute Gasteiger partial charge is 0.193 e. The zero-order chi connectivity index (χ0) is 17.3. The minimum atomic E-state index is -0.172. The summed E-state index contributed by atoms with van der Waals surface area (Å²) in [6.07, 6.45) is 0.841. The molecule has 2 atom stereocenters. The van der Waals surface area contributed by atoms with Crippen molar-refractivity contribution in [1.29, 1.82) is 0 Å². The van der Waals surface area contributed by atoms with Crippen molar-refractivity contribution >= 4 is 11.6 Å². The molecule has 128 valence electrons. The minimum absolute atomic E-state index is 0.0769. The van der Waals surface area contributed by atoms with Crippen molar-refractivity contribution in [3.63, 3.8) is 0 Å². The first kappa shape index (κ1) is 17.4. The van der Waals surface area contributed by atoms with E-state index in [1.807, 2.05) is 18.2 Å². The molecule has 1 saturated carbocycles. The Labute approximate surface area is 138 Å². The lowest BCUT2D eigenvalue weighted by atomic mass is 9.56. The number of methoxy groups -OCH3 is 3. The molecule has 2 rings (SSSR count). The first-order valence-electron chi connectivity index (χ1n) is 7.65. The molecule has 1 aliphatic carbocycles. The zero-order valence-electron chi connectivity index (χ0n) is 14.8. The number of hydrogen-bond donors (Lipinski definition) is 2. The number of rotatable bonds is 5. The van der Waals surface area contributed by atoms with E-state index in [-0.39, 0.29) is 17.1 Å². The van der Waals surface area contributed by atoms with Gasteiger partial charge in [-0.25, -0.2) is 4.99 Å². The van der Waals surface area contributed by atoms with Crippen molar-refractivity contribution in [3.8, 4) is 11.5 Å². The second-order valence-corrected chi connectivity index (χ2v) is 6.58. The number of aliphatic imine (C=N–C) groups is 1. The zero-order valence-corrected chi connectivity index (χ0v) is 14.8. The molecule has 0 spiro atoms. The van der Waals surface area contributed by atoms with Gasteiger partial charge in [0.2, 0.25) is 0 Å². The molecule has 0 bridgehead atoms. The van der Waals surface area contributed by atoms with Crippen LogP contribution in [0.3, 0.4) is 0 Å². The molecule has 1 fully saturated rings. The van der Waals surface area contributed by atoms with Crippen LogP contribution in [0.2, 0.25) is 0 Å². The Balaban J connectivity index is 2.15. The Morgan fingerprint density at radius 1 is 1.22 bits per heavy atom. The van der Waals surface area contributed by atoms with E-state index in [1.54, 1.807) is 21.3 Å². The Kier molecular flexibility index (Phi) is 4.75. The standard InChI is InChI=1S/C17H27N3O3/c1-16(2)14(10-17(16,3)23-6)20-15(18)19-12-9-11(21-4)7-8-13(12)22-5/h7-9,14H,10H2,1-6H3,(H3,18,19,20). The molecule has 6 nitrogen and oxygen atoms in total. The van der Waals surface area contributed by atoms with Gasteiger partial charge in [0.05, 0.1) is 31.5 Å². The van der Waals surface area contributed by atoms with Gasteiger partial charge < -0.3 is 25.3 Å². The molecular weight excluding hydrogens is 294 g/mol. The Morgan fingerprint density at radius 3 is 2.43 bits per heavy atom. The van der Waals surface area contributed by atoms with Crippen molar-refractivity contribution in [2.24, 2.45) is 16.1 Å². The fourth-order valence-electron chi connectivity index (χ4n) is 2.91. The summed E-state index contributed by atoms with van der Waals surface area (Å²) >= 11 is 0. The minimum Gasteiger partial charge on any atom is -0.497 e. The molecule has 3 N–H and O–H groups in total. The van der Waals surface area contributed by atoms with Crippen LogP contribution in [0, 0.1) is 5.41 Å². The second kappa shape index (κ2) is 6.28. The number of nitrogens with one attached hydrogen (secondary N) is 1. The van der Waals surface area contributed by atoms with Crippen molar-refractivity contribution in [2.75, 3.05) is 26.6 Å². The van der Waals surface area contributed by atoms with Gasteiger partial charge in [0, 0.05) is 18.6 Å². The number of anilines is 1. The fourth-order valence-corrected chi connectivity index (χ4v) is 2.91. The van der Waals surface area contributed by atoms with Crippen LogP contribution in [0.25, 0.3) is 0 Å². The summed E-state index contributed by atoms with van der Waals surface area (Å²) in [4.78, 5) is 4.61. The monoisotopic (exact) mass is 321 g/mol. The van der Waals surface area contributed by atoms with Crippen LogP contribution in [-0.2, 0) is 4.74 Å². The van der Waals surface area contributed by atoms with Gasteiger partial charge in [-0.15, -0.1) is 0 Å². The molecule has 0 aromatic heterocycles. The summed E-state index contributed by atoms with van der Waals surface area (Å²) < 4.78 is 16.2. The molecule has 6 heteroatoms. The molecular formula is C17H27N3O3. The van der Waals surface area contributed by atoms with Gasteiger partial charge in [-0.1, -0.05) is 13.8 Å². The summed E-state index contributed by atoms with van der Waals surface area (Å²) in [5.41, 5.74) is 6.56. The summed E-state index contributed by atoms with van der Waals surface area (Å²) in [7, 11) is 4.97. The van der Waals surface area contributed by atoms with E-state index in [9.17, 15) is 0 Å². The third-order valence-electron chi connectivity index (χ3n) is 5.19. The molecule has 1 aromatic rings. The second-order valence-electron chi connectivity index (χ2n) is 6.58. The van der Waals surface area contributed by atoms with E-state index >= 15 is 0 Å². The Morgan fingerprint density at radius 2 is 1.91 bits per heavy atom. The van der Waals surface area contributed by atoms with Gasteiger partial charge in [0.25, 0.3) is 0 Å². The van der Waals surface area contributed by atoms with Crippen LogP contribution in [0.15, 0.2) is 23.2 Å². The summed E-state index contributed by atoms with van der Waals surface area (Å²) in [6, 6.07) is 5.59. The van der Waals surface area contributed by atoms with Gasteiger partial charge in [-0.2, -0.15) is 0 Å². The van der Waals surface area contributed by atoms with E-state index in [1.165, 1.54) is 0 Å². The van der Waals surface area contributed by atoms with Gasteiger partial charge in [-0.05, 0) is 25.5 Å². The van der Waals surface area contributed by atoms with E-state index in [0.29, 0.717) is 11.7 Å². The number of nitrogens with two attached hydrogens (primary N) is 1. The maximum Gasteiger partial charge on any atom is 0.193 e. The predicted octanol–water partition coefficient (Wildman–Crippen LogP) is 2.63. The van der Waals surface area contributed by atoms with Crippen molar-refractivity contribution in [3.05, 3.63) is 18.2 Å². The number of nitrogens with zero attached hydrogens (tertiary/aromatic N) is 1. The third-order valence-corrected chi connectivity index (χ3v) is 5.19. The van der Waals surface area contributed by atoms with Crippen LogP contribution in [-0.4, -0.2) is 38.9 Å². The fraction of sp³-hybridized carbons (Fsp3) is 0.588. The summed E-state index contributed by atoms with van der Waals surface area (Å²) in [5.74, 6) is 1.75. The van der Waals surface area contributed by atoms with Crippen LogP contribution >= 0.6 is 0 Å². The van der Waals surface area contributed by atoms with Crippen LogP contribution in [0.1, 0.15) is 27.2 Å². The predicted molar refractivity (Wildman–Crippen MR) is 92.4 cm³/mol. The van der Waals surface area contributed by atoms with Crippen LogP contribution in [0.5, 0.6) is 11.5 Å². The maximum atomic E-state index is 6.08. The van der Waals surface area contributed by atoms with Gasteiger partial charge in [-0.3, -0.25) is 0 Å². The Bertz CT molecular complexity index is 601. The highest BCUT2D eigenvalue weighted by atomic mass is 16.5. The molecule has 0 radical (unpaired) electrons. The third kappa shape index (κ3) is 3.08. The number of ether oxygens (including phenoxy) is 3. The molecule has 23 heavy (non-hydrogen) atoms. The normalized spacial score (nSPS) is 26.3. The molecule has 1 aromatic carbocycles. The van der Waals surface area contributed by atoms with Crippen molar-refractivity contribution in [2.45, 2.75) is 38.8 Å². The highest BCUT2D eigenvalue weighted by molar-refractivity contribution is 5.94. The van der Waals surface area contributed by atoms with E-state index in [2.05, 4.69) is 31.1 Å². The summed E-state index contributed by atoms with van der Waals surface area (Å²) in [5, 5.41) is 3.10. The van der Waals surface area contributed by atoms with Gasteiger partial charge in [0.15, 0.2) is 5.96 Å². The SMILES string of the molecule is COc1ccc(OC)c(NC(N)=NC2CC(C)(OC)C2(C)C)c1. The molecule has 0 amide bonds. The Hall–Kier alpha value is -1.95. The molecule has 0 saturated heterocycles. The average Bonchev–Trinajstić information content (AvgIpc) is 2.53. The lowest BCUT2D eigenvalue weighted by Crippen LogP contribution is -2.62. The molecule has 0 heterocycles. The van der Waals surface area contributed by atoms with E-state index < -0.39 is 0 Å². The highest BCUT2D eigenvalue weighted by Gasteiger charge is 2.58. The topological polar surface area (TPSA) is 78.1 Å². The first-order valence-corrected chi connectivity index (χ1v) is 7.65. The number of guanidine groups is 1. The summed E-state index contributed by atoms with van der Waals surface area (Å²) in [6.45, 7) is 6.40. The highest BCUT2D eigenvalue weighted by Crippen LogP contribution is 2.53. The first-order chi connectivity index (χ1) is 10.8. The molecule has 0 aliphatic heterocycles. The lowest BCUT2D eigenvalue weighted by Gasteiger charge is -2.57. The van der Waals surface area contributed by atoms with E-state index in [4.69, 9.17) is 19.9 Å². The maximum absolute atomic E-state index is 6.08. The lowest BCUT2D eigenvalue weighted by molar-refractivity contribution is -0.171. The average molecular weight is 321 g/mol. The van der Waals surface area contributed by atoms with Crippen LogP contribution in [0.4, 0.5) is 5.69 Å². The largest absolute Gasteiger partial charge is 0.497 e. The number of benzene rings is 1. The van der Waals surface area contributed by atoms with E-state index in [0.717, 1.165) is 17.9 Å². The van der Waals surface area contributed by atoms with Crippen molar-refractivity contribution in [1.82, 2.24) is 0 Å². The van der Waals surface area contributed by atoms with Gasteiger partial charge >= 0.3 is 0 Å². The number of hydrogen-bond acceptors (Lipinski definition) is 4. The molecule has 2 unspecified atom stereocenters. The van der Waals surface area contributed by atoms with Crippen molar-refractivity contribution < 1.29 is 14.2 Å². The molecule has 1 aliphatic rings. The van der Waals surface area contributed by atoms with Crippen LogP contribution < -0.4 is 20.5 Å².